The monoisotopic (exact) mass is 405 g/mol. The maximum Gasteiger partial charge on any atom is 0.278 e. The fourth-order valence-corrected chi connectivity index (χ4v) is 3.11. The fraction of sp³-hybridized carbons (Fsp3) is 0.333. The van der Waals surface area contributed by atoms with Crippen molar-refractivity contribution in [2.45, 2.75) is 18.8 Å². The number of hydrogen-bond acceptors (Lipinski definition) is 5. The molecule has 1 fully saturated rings. The summed E-state index contributed by atoms with van der Waals surface area (Å²) in [6, 6.07) is 7.48. The van der Waals surface area contributed by atoms with Gasteiger partial charge in [-0.15, -0.1) is 12.4 Å². The van der Waals surface area contributed by atoms with Gasteiger partial charge in [0.15, 0.2) is 11.5 Å². The third-order valence-electron chi connectivity index (χ3n) is 4.62. The number of nitrogens with zero attached hydrogens (tertiary/aromatic N) is 5. The van der Waals surface area contributed by atoms with E-state index in [1.165, 1.54) is 16.8 Å². The van der Waals surface area contributed by atoms with Crippen LogP contribution in [0.1, 0.15) is 35.1 Å². The summed E-state index contributed by atoms with van der Waals surface area (Å²) in [5.41, 5.74) is 0.910. The van der Waals surface area contributed by atoms with Crippen LogP contribution in [0.4, 0.5) is 10.3 Å². The standard InChI is InChI=1S/C18H20FN7O.ClH/c1-25-18(21-16(24-25)12-6-9-20-10-7-12)22-17(27)15-8-11-26(23-15)14-4-2-13(19)3-5-14;/h2-5,8,11-12,20H,6-7,9-10H2,1H3,(H,21,22,24,27);1H. The zero-order valence-electron chi connectivity index (χ0n) is 15.3. The zero-order valence-corrected chi connectivity index (χ0v) is 16.1. The number of nitrogens with one attached hydrogen (secondary N) is 2. The van der Waals surface area contributed by atoms with Crippen LogP contribution in [0.25, 0.3) is 5.69 Å². The summed E-state index contributed by atoms with van der Waals surface area (Å²) in [6.07, 6.45) is 3.62. The predicted molar refractivity (Wildman–Crippen MR) is 105 cm³/mol. The number of anilines is 1. The molecule has 0 aliphatic carbocycles. The van der Waals surface area contributed by atoms with Crippen molar-refractivity contribution in [3.63, 3.8) is 0 Å². The number of piperidine rings is 1. The minimum atomic E-state index is -0.372. The number of aryl methyl sites for hydroxylation is 1. The van der Waals surface area contributed by atoms with Crippen molar-refractivity contribution >= 4 is 24.3 Å². The van der Waals surface area contributed by atoms with Crippen LogP contribution < -0.4 is 10.6 Å². The Morgan fingerprint density at radius 2 is 1.89 bits per heavy atom. The van der Waals surface area contributed by atoms with Gasteiger partial charge in [0, 0.05) is 19.2 Å². The van der Waals surface area contributed by atoms with Gasteiger partial charge in [0.1, 0.15) is 5.82 Å². The molecule has 0 unspecified atom stereocenters. The van der Waals surface area contributed by atoms with Gasteiger partial charge in [0.2, 0.25) is 5.95 Å². The fourth-order valence-electron chi connectivity index (χ4n) is 3.11. The zero-order chi connectivity index (χ0) is 18.8. The molecular weight excluding hydrogens is 385 g/mol. The molecule has 3 aromatic rings. The number of benzene rings is 1. The Hall–Kier alpha value is -2.78. The first-order valence-electron chi connectivity index (χ1n) is 8.85. The lowest BCUT2D eigenvalue weighted by Crippen LogP contribution is -2.27. The number of amides is 1. The van der Waals surface area contributed by atoms with Crippen LogP contribution in [0.5, 0.6) is 0 Å². The van der Waals surface area contributed by atoms with Crippen LogP contribution in [0.2, 0.25) is 0 Å². The molecule has 1 aromatic carbocycles. The maximum atomic E-state index is 13.0. The molecule has 10 heteroatoms. The lowest BCUT2D eigenvalue weighted by Gasteiger charge is -2.19. The van der Waals surface area contributed by atoms with Crippen molar-refractivity contribution in [1.29, 1.82) is 0 Å². The summed E-state index contributed by atoms with van der Waals surface area (Å²) < 4.78 is 16.1. The molecule has 3 heterocycles. The highest BCUT2D eigenvalue weighted by atomic mass is 35.5. The molecule has 1 amide bonds. The second kappa shape index (κ2) is 8.49. The van der Waals surface area contributed by atoms with Gasteiger partial charge in [-0.1, -0.05) is 0 Å². The molecule has 8 nitrogen and oxygen atoms in total. The van der Waals surface area contributed by atoms with Crippen LogP contribution in [0.15, 0.2) is 36.5 Å². The molecule has 148 valence electrons. The van der Waals surface area contributed by atoms with Gasteiger partial charge < -0.3 is 5.32 Å². The van der Waals surface area contributed by atoms with E-state index in [2.05, 4.69) is 25.8 Å². The van der Waals surface area contributed by atoms with Gasteiger partial charge in [-0.2, -0.15) is 15.2 Å². The number of carbonyl (C=O) groups excluding carboxylic acids is 1. The Morgan fingerprint density at radius 3 is 2.61 bits per heavy atom. The van der Waals surface area contributed by atoms with Gasteiger partial charge in [-0.05, 0) is 56.3 Å². The summed E-state index contributed by atoms with van der Waals surface area (Å²) in [5, 5.41) is 14.8. The van der Waals surface area contributed by atoms with Gasteiger partial charge in [-0.25, -0.2) is 13.8 Å². The molecular formula is C18H21ClFN7O. The van der Waals surface area contributed by atoms with E-state index in [0.717, 1.165) is 31.8 Å². The molecule has 0 saturated carbocycles. The van der Waals surface area contributed by atoms with Crippen LogP contribution in [0.3, 0.4) is 0 Å². The van der Waals surface area contributed by atoms with E-state index in [4.69, 9.17) is 0 Å². The van der Waals surface area contributed by atoms with Crippen molar-refractivity contribution in [3.8, 4) is 5.69 Å². The quantitative estimate of drug-likeness (QED) is 0.695. The molecule has 1 aliphatic rings. The van der Waals surface area contributed by atoms with Crippen molar-refractivity contribution in [3.05, 3.63) is 53.9 Å². The molecule has 1 saturated heterocycles. The number of carbonyl (C=O) groups is 1. The van der Waals surface area contributed by atoms with E-state index in [9.17, 15) is 9.18 Å². The second-order valence-corrected chi connectivity index (χ2v) is 6.52. The van der Waals surface area contributed by atoms with E-state index in [0.29, 0.717) is 17.6 Å². The predicted octanol–water partition coefficient (Wildman–Crippen LogP) is 2.28. The minimum absolute atomic E-state index is 0. The second-order valence-electron chi connectivity index (χ2n) is 6.52. The van der Waals surface area contributed by atoms with Gasteiger partial charge >= 0.3 is 0 Å². The Morgan fingerprint density at radius 1 is 1.18 bits per heavy atom. The molecule has 0 bridgehead atoms. The third kappa shape index (κ3) is 4.20. The van der Waals surface area contributed by atoms with Crippen molar-refractivity contribution in [1.82, 2.24) is 29.9 Å². The molecule has 28 heavy (non-hydrogen) atoms. The Kier molecular flexibility index (Phi) is 6.05. The first-order chi connectivity index (χ1) is 13.1. The Balaban J connectivity index is 0.00000225. The highest BCUT2D eigenvalue weighted by molar-refractivity contribution is 6.01. The summed E-state index contributed by atoms with van der Waals surface area (Å²) >= 11 is 0. The van der Waals surface area contributed by atoms with Crippen molar-refractivity contribution in [2.75, 3.05) is 18.4 Å². The molecule has 0 atom stereocenters. The first-order valence-corrected chi connectivity index (χ1v) is 8.85. The SMILES string of the molecule is Cl.Cn1nc(C2CCNCC2)nc1NC(=O)c1ccn(-c2ccc(F)cc2)n1. The van der Waals surface area contributed by atoms with Gasteiger partial charge in [-0.3, -0.25) is 10.1 Å². The summed E-state index contributed by atoms with van der Waals surface area (Å²) in [6.45, 7) is 1.90. The van der Waals surface area contributed by atoms with Crippen LogP contribution in [-0.2, 0) is 7.05 Å². The first kappa shape index (κ1) is 20.0. The molecule has 0 spiro atoms. The van der Waals surface area contributed by atoms with E-state index < -0.39 is 0 Å². The highest BCUT2D eigenvalue weighted by Crippen LogP contribution is 2.23. The molecule has 4 rings (SSSR count). The molecule has 1 aliphatic heterocycles. The number of hydrogen-bond donors (Lipinski definition) is 2. The lowest BCUT2D eigenvalue weighted by atomic mass is 9.98. The molecule has 2 N–H and O–H groups in total. The van der Waals surface area contributed by atoms with Gasteiger partial charge in [0.05, 0.1) is 5.69 Å². The average molecular weight is 406 g/mol. The minimum Gasteiger partial charge on any atom is -0.317 e. The van der Waals surface area contributed by atoms with E-state index in [1.54, 1.807) is 36.1 Å². The largest absolute Gasteiger partial charge is 0.317 e. The summed E-state index contributed by atoms with van der Waals surface area (Å²) in [7, 11) is 1.75. The van der Waals surface area contributed by atoms with Crippen LogP contribution >= 0.6 is 12.4 Å². The van der Waals surface area contributed by atoms with Crippen LogP contribution in [0, 0.1) is 5.82 Å². The highest BCUT2D eigenvalue weighted by Gasteiger charge is 2.22. The summed E-state index contributed by atoms with van der Waals surface area (Å²) in [5.74, 6) is 0.760. The van der Waals surface area contributed by atoms with Crippen molar-refractivity contribution in [2.24, 2.45) is 7.05 Å². The van der Waals surface area contributed by atoms with Crippen molar-refractivity contribution < 1.29 is 9.18 Å². The topological polar surface area (TPSA) is 89.7 Å². The molecule has 0 radical (unpaired) electrons. The Bertz CT molecular complexity index is 947. The number of rotatable bonds is 4. The summed E-state index contributed by atoms with van der Waals surface area (Å²) in [4.78, 5) is 17.0. The van der Waals surface area contributed by atoms with E-state index in [1.807, 2.05) is 0 Å². The lowest BCUT2D eigenvalue weighted by molar-refractivity contribution is 0.102. The normalized spacial score (nSPS) is 14.5. The maximum absolute atomic E-state index is 13.0. The van der Waals surface area contributed by atoms with Gasteiger partial charge in [0.25, 0.3) is 5.91 Å². The smallest absolute Gasteiger partial charge is 0.278 e. The average Bonchev–Trinajstić information content (AvgIpc) is 3.31. The van der Waals surface area contributed by atoms with E-state index >= 15 is 0 Å². The van der Waals surface area contributed by atoms with Crippen LogP contribution in [-0.4, -0.2) is 43.5 Å². The van der Waals surface area contributed by atoms with E-state index in [-0.39, 0.29) is 29.8 Å². The Labute approximate surface area is 167 Å². The number of halogens is 2. The number of aromatic nitrogens is 5. The molecule has 2 aromatic heterocycles. The third-order valence-corrected chi connectivity index (χ3v) is 4.62.